The van der Waals surface area contributed by atoms with E-state index in [0.29, 0.717) is 0 Å². The fourth-order valence-corrected chi connectivity index (χ4v) is 1.85. The van der Waals surface area contributed by atoms with E-state index in [-0.39, 0.29) is 5.41 Å². The van der Waals surface area contributed by atoms with Crippen LogP contribution >= 0.6 is 0 Å². The first-order chi connectivity index (χ1) is 6.08. The van der Waals surface area contributed by atoms with Crippen LogP contribution in [0.15, 0.2) is 0 Å². The summed E-state index contributed by atoms with van der Waals surface area (Å²) < 4.78 is 0. The molecule has 13 heavy (non-hydrogen) atoms. The molecule has 0 aliphatic heterocycles. The van der Waals surface area contributed by atoms with Crippen molar-refractivity contribution in [1.82, 2.24) is 0 Å². The molecule has 1 fully saturated rings. The smallest absolute Gasteiger partial charge is 0.0230 e. The van der Waals surface area contributed by atoms with Gasteiger partial charge in [0, 0.05) is 11.8 Å². The molecule has 0 aromatic rings. The van der Waals surface area contributed by atoms with Crippen LogP contribution in [0.25, 0.3) is 0 Å². The van der Waals surface area contributed by atoms with Crippen molar-refractivity contribution in [2.45, 2.75) is 59.3 Å². The fraction of sp³-hybridized carbons (Fsp3) is 0.846. The van der Waals surface area contributed by atoms with Crippen molar-refractivity contribution in [3.8, 4) is 11.8 Å². The number of hydrogen-bond donors (Lipinski definition) is 0. The minimum Gasteiger partial charge on any atom is -0.102 e. The first-order valence-electron chi connectivity index (χ1n) is 5.58. The summed E-state index contributed by atoms with van der Waals surface area (Å²) in [6, 6.07) is 0. The zero-order valence-corrected chi connectivity index (χ0v) is 9.32. The zero-order chi connectivity index (χ0) is 9.73. The highest BCUT2D eigenvalue weighted by molar-refractivity contribution is 5.07. The lowest BCUT2D eigenvalue weighted by Crippen LogP contribution is -2.05. The molecule has 0 bridgehead atoms. The maximum Gasteiger partial charge on any atom is 0.0230 e. The third-order valence-corrected chi connectivity index (χ3v) is 2.58. The van der Waals surface area contributed by atoms with Gasteiger partial charge in [-0.15, -0.1) is 5.92 Å². The maximum atomic E-state index is 3.35. The van der Waals surface area contributed by atoms with Crippen LogP contribution in [0.5, 0.6) is 0 Å². The Labute approximate surface area is 83.1 Å². The van der Waals surface area contributed by atoms with Gasteiger partial charge in [0.2, 0.25) is 0 Å². The Morgan fingerprint density at radius 2 is 1.69 bits per heavy atom. The van der Waals surface area contributed by atoms with Gasteiger partial charge in [0.25, 0.3) is 0 Å². The van der Waals surface area contributed by atoms with E-state index in [1.165, 1.54) is 32.1 Å². The van der Waals surface area contributed by atoms with Crippen molar-refractivity contribution in [3.63, 3.8) is 0 Å². The van der Waals surface area contributed by atoms with Gasteiger partial charge in [0.05, 0.1) is 0 Å². The van der Waals surface area contributed by atoms with Crippen LogP contribution in [0.3, 0.4) is 0 Å². The van der Waals surface area contributed by atoms with E-state index in [1.54, 1.807) is 0 Å². The van der Waals surface area contributed by atoms with Gasteiger partial charge in [-0.1, -0.05) is 25.2 Å². The van der Waals surface area contributed by atoms with E-state index < -0.39 is 0 Å². The fourth-order valence-electron chi connectivity index (χ4n) is 1.85. The summed E-state index contributed by atoms with van der Waals surface area (Å²) in [5, 5.41) is 0. The van der Waals surface area contributed by atoms with E-state index in [0.717, 1.165) is 12.3 Å². The monoisotopic (exact) mass is 178 g/mol. The van der Waals surface area contributed by atoms with E-state index >= 15 is 0 Å². The summed E-state index contributed by atoms with van der Waals surface area (Å²) in [6.45, 7) is 6.54. The van der Waals surface area contributed by atoms with Gasteiger partial charge >= 0.3 is 0 Å². The van der Waals surface area contributed by atoms with Crippen molar-refractivity contribution in [3.05, 3.63) is 0 Å². The van der Waals surface area contributed by atoms with Crippen LogP contribution in [0.4, 0.5) is 0 Å². The van der Waals surface area contributed by atoms with Gasteiger partial charge in [0.15, 0.2) is 0 Å². The summed E-state index contributed by atoms with van der Waals surface area (Å²) in [7, 11) is 0. The molecule has 0 amide bonds. The maximum absolute atomic E-state index is 3.35. The van der Waals surface area contributed by atoms with Gasteiger partial charge in [-0.3, -0.25) is 0 Å². The molecule has 1 aliphatic carbocycles. The van der Waals surface area contributed by atoms with Gasteiger partial charge < -0.3 is 0 Å². The third-order valence-electron chi connectivity index (χ3n) is 2.58. The Morgan fingerprint density at radius 3 is 2.23 bits per heavy atom. The molecule has 1 saturated carbocycles. The van der Waals surface area contributed by atoms with Crippen molar-refractivity contribution >= 4 is 0 Å². The molecule has 0 unspecified atom stereocenters. The first kappa shape index (κ1) is 10.6. The predicted octanol–water partition coefficient (Wildman–Crippen LogP) is 4.01. The van der Waals surface area contributed by atoms with Crippen molar-refractivity contribution in [1.29, 1.82) is 0 Å². The lowest BCUT2D eigenvalue weighted by atomic mass is 9.87. The molecule has 74 valence electrons. The molecule has 0 atom stereocenters. The molecule has 1 aliphatic rings. The SMILES string of the molecule is CC(C)(C)C#CCC1CCCCC1. The molecule has 0 heteroatoms. The minimum atomic E-state index is 0.189. The standard InChI is InChI=1S/C13H22/c1-13(2,3)11-7-10-12-8-5-4-6-9-12/h12H,4-6,8-10H2,1-3H3. The normalized spacial score (nSPS) is 19.3. The van der Waals surface area contributed by atoms with Gasteiger partial charge in [0.1, 0.15) is 0 Å². The van der Waals surface area contributed by atoms with Crippen LogP contribution in [0, 0.1) is 23.2 Å². The first-order valence-corrected chi connectivity index (χ1v) is 5.58. The Balaban J connectivity index is 2.27. The molecule has 1 rings (SSSR count). The van der Waals surface area contributed by atoms with Gasteiger partial charge in [-0.2, -0.15) is 0 Å². The lowest BCUT2D eigenvalue weighted by molar-refractivity contribution is 0.364. The number of hydrogen-bond acceptors (Lipinski definition) is 0. The Bertz CT molecular complexity index is 190. The Kier molecular flexibility index (Phi) is 3.85. The topological polar surface area (TPSA) is 0 Å². The highest BCUT2D eigenvalue weighted by Crippen LogP contribution is 2.25. The largest absolute Gasteiger partial charge is 0.102 e. The molecule has 0 aromatic heterocycles. The van der Waals surface area contributed by atoms with Crippen LogP contribution in [0.1, 0.15) is 59.3 Å². The number of rotatable bonds is 1. The summed E-state index contributed by atoms with van der Waals surface area (Å²) in [5.74, 6) is 7.57. The third kappa shape index (κ3) is 4.98. The average molecular weight is 178 g/mol. The van der Waals surface area contributed by atoms with Crippen molar-refractivity contribution < 1.29 is 0 Å². The summed E-state index contributed by atoms with van der Waals surface area (Å²) in [6.07, 6.45) is 8.28. The summed E-state index contributed by atoms with van der Waals surface area (Å²) in [5.41, 5.74) is 0.189. The quantitative estimate of drug-likeness (QED) is 0.532. The van der Waals surface area contributed by atoms with Crippen LogP contribution in [-0.2, 0) is 0 Å². The van der Waals surface area contributed by atoms with Gasteiger partial charge in [-0.25, -0.2) is 0 Å². The van der Waals surface area contributed by atoms with Crippen LogP contribution in [0.2, 0.25) is 0 Å². The molecule has 0 saturated heterocycles. The van der Waals surface area contributed by atoms with E-state index in [9.17, 15) is 0 Å². The van der Waals surface area contributed by atoms with Crippen LogP contribution in [-0.4, -0.2) is 0 Å². The molecular weight excluding hydrogens is 156 g/mol. The van der Waals surface area contributed by atoms with Gasteiger partial charge in [-0.05, 0) is 39.5 Å². The second-order valence-electron chi connectivity index (χ2n) is 5.26. The summed E-state index contributed by atoms with van der Waals surface area (Å²) in [4.78, 5) is 0. The second kappa shape index (κ2) is 4.70. The molecule has 0 radical (unpaired) electrons. The Hall–Kier alpha value is -0.440. The predicted molar refractivity (Wildman–Crippen MR) is 58.4 cm³/mol. The molecule has 0 spiro atoms. The van der Waals surface area contributed by atoms with Crippen molar-refractivity contribution in [2.75, 3.05) is 0 Å². The van der Waals surface area contributed by atoms with E-state index in [4.69, 9.17) is 0 Å². The molecule has 0 aromatic carbocycles. The second-order valence-corrected chi connectivity index (χ2v) is 5.26. The molecular formula is C13H22. The Morgan fingerprint density at radius 1 is 1.08 bits per heavy atom. The zero-order valence-electron chi connectivity index (χ0n) is 9.32. The molecule has 0 N–H and O–H groups in total. The molecule has 0 heterocycles. The van der Waals surface area contributed by atoms with E-state index in [1.807, 2.05) is 0 Å². The lowest BCUT2D eigenvalue weighted by Gasteiger charge is -2.19. The van der Waals surface area contributed by atoms with E-state index in [2.05, 4.69) is 32.6 Å². The summed E-state index contributed by atoms with van der Waals surface area (Å²) >= 11 is 0. The minimum absolute atomic E-state index is 0.189. The average Bonchev–Trinajstić information content (AvgIpc) is 2.04. The highest BCUT2D eigenvalue weighted by atomic mass is 14.2. The highest BCUT2D eigenvalue weighted by Gasteiger charge is 2.11. The van der Waals surface area contributed by atoms with Crippen LogP contribution < -0.4 is 0 Å². The molecule has 0 nitrogen and oxygen atoms in total. The van der Waals surface area contributed by atoms with Crippen molar-refractivity contribution in [2.24, 2.45) is 11.3 Å².